The van der Waals surface area contributed by atoms with Gasteiger partial charge in [-0.15, -0.1) is 0 Å². The summed E-state index contributed by atoms with van der Waals surface area (Å²) in [5.41, 5.74) is 3.32. The third-order valence-electron chi connectivity index (χ3n) is 3.28. The van der Waals surface area contributed by atoms with Crippen molar-refractivity contribution in [2.24, 2.45) is 7.05 Å². The zero-order valence-electron chi connectivity index (χ0n) is 10.6. The highest BCUT2D eigenvalue weighted by atomic mass is 35.5. The van der Waals surface area contributed by atoms with E-state index < -0.39 is 0 Å². The molecule has 3 rings (SSSR count). The van der Waals surface area contributed by atoms with Crippen molar-refractivity contribution in [1.29, 1.82) is 0 Å². The first kappa shape index (κ1) is 12.8. The predicted octanol–water partition coefficient (Wildman–Crippen LogP) is 2.08. The Morgan fingerprint density at radius 1 is 1.53 bits per heavy atom. The lowest BCUT2D eigenvalue weighted by atomic mass is 10.1. The zero-order chi connectivity index (χ0) is 13.4. The Hall–Kier alpha value is -1.24. The molecule has 0 amide bonds. The molecule has 0 saturated carbocycles. The predicted molar refractivity (Wildman–Crippen MR) is 75.5 cm³/mol. The molecule has 3 heterocycles. The highest BCUT2D eigenvalue weighted by Gasteiger charge is 2.19. The van der Waals surface area contributed by atoms with Crippen molar-refractivity contribution in [2.45, 2.75) is 19.5 Å². The number of rotatable bonds is 2. The number of hydrogen-bond donors (Lipinski definition) is 1. The molecule has 0 atom stereocenters. The number of halogens is 1. The van der Waals surface area contributed by atoms with Gasteiger partial charge in [-0.25, -0.2) is 4.98 Å². The molecular formula is C12H14ClN5S. The van der Waals surface area contributed by atoms with E-state index in [0.29, 0.717) is 4.77 Å². The summed E-state index contributed by atoms with van der Waals surface area (Å²) in [6.07, 6.45) is 4.64. The Morgan fingerprint density at radius 3 is 3.11 bits per heavy atom. The largest absolute Gasteiger partial charge is 0.334 e. The Kier molecular flexibility index (Phi) is 3.38. The van der Waals surface area contributed by atoms with Crippen LogP contribution in [0, 0.1) is 4.77 Å². The number of aromatic nitrogens is 4. The fourth-order valence-corrected chi connectivity index (χ4v) is 2.78. The van der Waals surface area contributed by atoms with Gasteiger partial charge in [-0.05, 0) is 12.2 Å². The standard InChI is InChI=1S/C12H14ClN5S/c1-17-6-9(13)11(16-17)7-18-3-2-10-8(5-18)4-14-12(19)15-10/h4,6H,2-3,5,7H2,1H3,(H,14,15,19). The normalized spacial score (nSPS) is 15.5. The lowest BCUT2D eigenvalue weighted by Gasteiger charge is -2.27. The summed E-state index contributed by atoms with van der Waals surface area (Å²) in [6, 6.07) is 0. The van der Waals surface area contributed by atoms with Crippen molar-refractivity contribution in [3.63, 3.8) is 0 Å². The average Bonchev–Trinajstić information content (AvgIpc) is 2.68. The topological polar surface area (TPSA) is 49.7 Å². The molecule has 0 fully saturated rings. The van der Waals surface area contributed by atoms with Gasteiger partial charge in [0.25, 0.3) is 0 Å². The number of hydrogen-bond acceptors (Lipinski definition) is 4. The average molecular weight is 296 g/mol. The van der Waals surface area contributed by atoms with E-state index in [4.69, 9.17) is 23.8 Å². The Morgan fingerprint density at radius 2 is 2.37 bits per heavy atom. The molecule has 0 radical (unpaired) electrons. The van der Waals surface area contributed by atoms with Crippen LogP contribution in [0.4, 0.5) is 0 Å². The Bertz CT molecular complexity index is 662. The van der Waals surface area contributed by atoms with E-state index >= 15 is 0 Å². The molecule has 0 aromatic carbocycles. The van der Waals surface area contributed by atoms with Gasteiger partial charge >= 0.3 is 0 Å². The minimum absolute atomic E-state index is 0.556. The van der Waals surface area contributed by atoms with Gasteiger partial charge in [-0.3, -0.25) is 9.58 Å². The van der Waals surface area contributed by atoms with Crippen molar-refractivity contribution < 1.29 is 0 Å². The van der Waals surface area contributed by atoms with Crippen molar-refractivity contribution in [2.75, 3.05) is 6.54 Å². The number of H-pyrrole nitrogens is 1. The van der Waals surface area contributed by atoms with Gasteiger partial charge in [0.15, 0.2) is 4.77 Å². The van der Waals surface area contributed by atoms with Crippen molar-refractivity contribution in [3.8, 4) is 0 Å². The molecule has 0 aliphatic carbocycles. The molecule has 1 N–H and O–H groups in total. The maximum atomic E-state index is 6.14. The highest BCUT2D eigenvalue weighted by molar-refractivity contribution is 7.71. The van der Waals surface area contributed by atoms with Crippen molar-refractivity contribution in [3.05, 3.63) is 39.1 Å². The number of aryl methyl sites for hydroxylation is 1. The molecule has 0 saturated heterocycles. The van der Waals surface area contributed by atoms with E-state index in [0.717, 1.165) is 36.8 Å². The smallest absolute Gasteiger partial charge is 0.196 e. The fraction of sp³-hybridized carbons (Fsp3) is 0.417. The van der Waals surface area contributed by atoms with Crippen LogP contribution in [0.5, 0.6) is 0 Å². The third kappa shape index (κ3) is 2.70. The van der Waals surface area contributed by atoms with Crippen LogP contribution in [0.1, 0.15) is 17.0 Å². The molecule has 1 aliphatic rings. The van der Waals surface area contributed by atoms with Gasteiger partial charge in [0.1, 0.15) is 0 Å². The van der Waals surface area contributed by atoms with Crippen molar-refractivity contribution >= 4 is 23.8 Å². The van der Waals surface area contributed by atoms with E-state index in [1.54, 1.807) is 4.68 Å². The lowest BCUT2D eigenvalue weighted by molar-refractivity contribution is 0.239. The van der Waals surface area contributed by atoms with Crippen LogP contribution in [0.15, 0.2) is 12.4 Å². The highest BCUT2D eigenvalue weighted by Crippen LogP contribution is 2.20. The quantitative estimate of drug-likeness (QED) is 0.862. The zero-order valence-corrected chi connectivity index (χ0v) is 12.1. The van der Waals surface area contributed by atoms with Crippen LogP contribution in [0.2, 0.25) is 5.02 Å². The Balaban J connectivity index is 1.77. The minimum atomic E-state index is 0.556. The van der Waals surface area contributed by atoms with Gasteiger partial charge in [-0.1, -0.05) is 11.6 Å². The molecule has 2 aromatic rings. The molecule has 0 unspecified atom stereocenters. The lowest BCUT2D eigenvalue weighted by Crippen LogP contribution is -2.31. The molecule has 2 aromatic heterocycles. The number of nitrogens with one attached hydrogen (secondary N) is 1. The van der Waals surface area contributed by atoms with Crippen LogP contribution >= 0.6 is 23.8 Å². The molecule has 1 aliphatic heterocycles. The van der Waals surface area contributed by atoms with E-state index in [1.807, 2.05) is 19.4 Å². The van der Waals surface area contributed by atoms with Crippen LogP contribution in [0.3, 0.4) is 0 Å². The molecule has 100 valence electrons. The number of fused-ring (bicyclic) bond motifs is 1. The second kappa shape index (κ2) is 5.03. The van der Waals surface area contributed by atoms with E-state index in [2.05, 4.69) is 20.0 Å². The van der Waals surface area contributed by atoms with E-state index in [9.17, 15) is 0 Å². The fourth-order valence-electron chi connectivity index (χ4n) is 2.36. The van der Waals surface area contributed by atoms with Gasteiger partial charge in [0, 0.05) is 56.8 Å². The van der Waals surface area contributed by atoms with Crippen LogP contribution in [0.25, 0.3) is 0 Å². The second-order valence-corrected chi connectivity index (χ2v) is 5.54. The summed E-state index contributed by atoms with van der Waals surface area (Å²) in [5.74, 6) is 0. The number of nitrogens with zero attached hydrogens (tertiary/aromatic N) is 4. The van der Waals surface area contributed by atoms with Crippen LogP contribution in [-0.2, 0) is 26.6 Å². The summed E-state index contributed by atoms with van der Waals surface area (Å²) >= 11 is 11.2. The summed E-state index contributed by atoms with van der Waals surface area (Å²) in [7, 11) is 1.88. The molecule has 19 heavy (non-hydrogen) atoms. The molecule has 5 nitrogen and oxygen atoms in total. The van der Waals surface area contributed by atoms with E-state index in [1.165, 1.54) is 11.3 Å². The molecule has 7 heteroatoms. The Labute approximate surface area is 121 Å². The molecular weight excluding hydrogens is 282 g/mol. The summed E-state index contributed by atoms with van der Waals surface area (Å²) in [4.78, 5) is 9.62. The van der Waals surface area contributed by atoms with Gasteiger partial charge in [-0.2, -0.15) is 5.10 Å². The third-order valence-corrected chi connectivity index (χ3v) is 3.81. The van der Waals surface area contributed by atoms with Gasteiger partial charge in [0.05, 0.1) is 10.7 Å². The van der Waals surface area contributed by atoms with Crippen LogP contribution < -0.4 is 0 Å². The molecule has 0 bridgehead atoms. The number of aromatic amines is 1. The van der Waals surface area contributed by atoms with Gasteiger partial charge < -0.3 is 4.98 Å². The summed E-state index contributed by atoms with van der Waals surface area (Å²) in [6.45, 7) is 2.57. The first-order valence-corrected chi connectivity index (χ1v) is 6.88. The second-order valence-electron chi connectivity index (χ2n) is 4.75. The summed E-state index contributed by atoms with van der Waals surface area (Å²) in [5, 5.41) is 5.10. The summed E-state index contributed by atoms with van der Waals surface area (Å²) < 4.78 is 2.30. The first-order chi connectivity index (χ1) is 9.11. The van der Waals surface area contributed by atoms with Crippen LogP contribution in [-0.4, -0.2) is 31.2 Å². The maximum absolute atomic E-state index is 6.14. The van der Waals surface area contributed by atoms with Crippen molar-refractivity contribution in [1.82, 2.24) is 24.6 Å². The minimum Gasteiger partial charge on any atom is -0.334 e. The first-order valence-electron chi connectivity index (χ1n) is 6.09. The van der Waals surface area contributed by atoms with Gasteiger partial charge in [0.2, 0.25) is 0 Å². The SMILES string of the molecule is Cn1cc(Cl)c(CN2CCc3[nH]c(=S)ncc3C2)n1. The monoisotopic (exact) mass is 295 g/mol. The molecule has 0 spiro atoms. The van der Waals surface area contributed by atoms with E-state index in [-0.39, 0.29) is 0 Å². The maximum Gasteiger partial charge on any atom is 0.196 e.